The number of rotatable bonds is 6. The van der Waals surface area contributed by atoms with Crippen LogP contribution >= 0.6 is 0 Å². The highest BCUT2D eigenvalue weighted by Gasteiger charge is 2.11. The van der Waals surface area contributed by atoms with E-state index in [-0.39, 0.29) is 11.5 Å². The third-order valence-corrected chi connectivity index (χ3v) is 3.61. The van der Waals surface area contributed by atoms with Gasteiger partial charge in [-0.15, -0.1) is 0 Å². The molecule has 0 aliphatic heterocycles. The number of likely N-dealkylation sites (N-methyl/N-ethyl adjacent to an activating group) is 1. The fourth-order valence-electron chi connectivity index (χ4n) is 1.63. The van der Waals surface area contributed by atoms with Crippen molar-refractivity contribution in [3.05, 3.63) is 23.8 Å². The number of primary sulfonamides is 1. The minimum absolute atomic E-state index is 0.00829. The Labute approximate surface area is 107 Å². The normalized spacial score (nSPS) is 12.0. The molecule has 18 heavy (non-hydrogen) atoms. The zero-order chi connectivity index (χ0) is 13.8. The maximum Gasteiger partial charge on any atom is 0.238 e. The number of benzene rings is 1. The summed E-state index contributed by atoms with van der Waals surface area (Å²) in [5.74, 6) is 0. The number of sulfonamides is 1. The van der Waals surface area contributed by atoms with Gasteiger partial charge in [0.2, 0.25) is 10.0 Å². The number of nitrogen functional groups attached to an aromatic ring is 1. The first-order chi connectivity index (χ1) is 8.38. The van der Waals surface area contributed by atoms with E-state index in [1.54, 1.807) is 6.07 Å². The molecule has 0 saturated heterocycles. The highest BCUT2D eigenvalue weighted by atomic mass is 32.2. The van der Waals surface area contributed by atoms with Crippen molar-refractivity contribution < 1.29 is 13.5 Å². The van der Waals surface area contributed by atoms with Crippen molar-refractivity contribution in [1.29, 1.82) is 0 Å². The van der Waals surface area contributed by atoms with Crippen LogP contribution in [0.15, 0.2) is 23.1 Å². The summed E-state index contributed by atoms with van der Waals surface area (Å²) in [7, 11) is -3.72. The maximum absolute atomic E-state index is 11.2. The van der Waals surface area contributed by atoms with Crippen molar-refractivity contribution >= 4 is 15.7 Å². The Kier molecular flexibility index (Phi) is 5.09. The number of hydrogen-bond donors (Lipinski definition) is 3. The summed E-state index contributed by atoms with van der Waals surface area (Å²) in [6.07, 6.45) is 0. The lowest BCUT2D eigenvalue weighted by atomic mass is 10.1. The average Bonchev–Trinajstić information content (AvgIpc) is 2.29. The molecule has 0 heterocycles. The van der Waals surface area contributed by atoms with E-state index in [0.717, 1.165) is 12.1 Å². The molecule has 0 aromatic heterocycles. The van der Waals surface area contributed by atoms with E-state index in [0.29, 0.717) is 18.8 Å². The van der Waals surface area contributed by atoms with Gasteiger partial charge in [-0.05, 0) is 24.2 Å². The predicted molar refractivity (Wildman–Crippen MR) is 70.3 cm³/mol. The molecule has 0 radical (unpaired) electrons. The largest absolute Gasteiger partial charge is 0.398 e. The molecule has 0 saturated carbocycles. The van der Waals surface area contributed by atoms with Gasteiger partial charge in [0.1, 0.15) is 0 Å². The standard InChI is InChI=1S/C11H19N3O3S/c1-2-14(5-6-15)8-9-3-4-10(7-11(9)12)18(13,16)17/h3-4,7,15H,2,5-6,8,12H2,1H3,(H2,13,16,17). The van der Waals surface area contributed by atoms with Crippen LogP contribution in [0.5, 0.6) is 0 Å². The molecule has 7 heteroatoms. The molecule has 0 aliphatic carbocycles. The topological polar surface area (TPSA) is 110 Å². The Morgan fingerprint density at radius 2 is 2.06 bits per heavy atom. The van der Waals surface area contributed by atoms with Gasteiger partial charge in [0.25, 0.3) is 0 Å². The van der Waals surface area contributed by atoms with Crippen LogP contribution in [0.2, 0.25) is 0 Å². The molecule has 1 aromatic rings. The number of nitrogens with two attached hydrogens (primary N) is 2. The van der Waals surface area contributed by atoms with Crippen molar-refractivity contribution in [2.45, 2.75) is 18.4 Å². The molecular formula is C11H19N3O3S. The van der Waals surface area contributed by atoms with Crippen molar-refractivity contribution in [2.24, 2.45) is 5.14 Å². The lowest BCUT2D eigenvalue weighted by Crippen LogP contribution is -2.26. The Bertz CT molecular complexity index is 502. The maximum atomic E-state index is 11.2. The van der Waals surface area contributed by atoms with Crippen LogP contribution in [0.4, 0.5) is 5.69 Å². The summed E-state index contributed by atoms with van der Waals surface area (Å²) in [6.45, 7) is 3.94. The zero-order valence-electron chi connectivity index (χ0n) is 10.3. The molecule has 6 nitrogen and oxygen atoms in total. The third kappa shape index (κ3) is 3.95. The van der Waals surface area contributed by atoms with Gasteiger partial charge in [-0.3, -0.25) is 4.90 Å². The average molecular weight is 273 g/mol. The first-order valence-electron chi connectivity index (χ1n) is 5.63. The lowest BCUT2D eigenvalue weighted by molar-refractivity contribution is 0.197. The van der Waals surface area contributed by atoms with Gasteiger partial charge >= 0.3 is 0 Å². The van der Waals surface area contributed by atoms with Gasteiger partial charge in [0.15, 0.2) is 0 Å². The second-order valence-electron chi connectivity index (χ2n) is 4.00. The van der Waals surface area contributed by atoms with Gasteiger partial charge in [-0.25, -0.2) is 13.6 Å². The van der Waals surface area contributed by atoms with Crippen molar-refractivity contribution in [3.63, 3.8) is 0 Å². The molecule has 1 rings (SSSR count). The molecule has 0 aliphatic rings. The van der Waals surface area contributed by atoms with E-state index in [4.69, 9.17) is 16.0 Å². The van der Waals surface area contributed by atoms with Crippen LogP contribution in [0.25, 0.3) is 0 Å². The highest BCUT2D eigenvalue weighted by molar-refractivity contribution is 7.89. The molecule has 0 atom stereocenters. The fraction of sp³-hybridized carbons (Fsp3) is 0.455. The van der Waals surface area contributed by atoms with E-state index in [2.05, 4.69) is 0 Å². The molecule has 102 valence electrons. The molecule has 0 bridgehead atoms. The highest BCUT2D eigenvalue weighted by Crippen LogP contribution is 2.18. The van der Waals surface area contributed by atoms with Crippen molar-refractivity contribution in [1.82, 2.24) is 4.90 Å². The Morgan fingerprint density at radius 1 is 1.39 bits per heavy atom. The van der Waals surface area contributed by atoms with Crippen LogP contribution in [-0.4, -0.2) is 38.1 Å². The van der Waals surface area contributed by atoms with Crippen LogP contribution < -0.4 is 10.9 Å². The predicted octanol–water partition coefficient (Wildman–Crippen LogP) is -0.270. The van der Waals surface area contributed by atoms with Crippen molar-refractivity contribution in [2.75, 3.05) is 25.4 Å². The monoisotopic (exact) mass is 273 g/mol. The smallest absolute Gasteiger partial charge is 0.238 e. The summed E-state index contributed by atoms with van der Waals surface area (Å²) >= 11 is 0. The summed E-state index contributed by atoms with van der Waals surface area (Å²) in [5.41, 5.74) is 7.01. The first-order valence-corrected chi connectivity index (χ1v) is 7.17. The number of nitrogens with zero attached hydrogens (tertiary/aromatic N) is 1. The molecule has 0 fully saturated rings. The van der Waals surface area contributed by atoms with Gasteiger partial charge in [-0.1, -0.05) is 13.0 Å². The second-order valence-corrected chi connectivity index (χ2v) is 5.56. The number of hydrogen-bond acceptors (Lipinski definition) is 5. The Hall–Kier alpha value is -1.15. The van der Waals surface area contributed by atoms with Crippen molar-refractivity contribution in [3.8, 4) is 0 Å². The van der Waals surface area contributed by atoms with E-state index in [1.807, 2.05) is 11.8 Å². The quantitative estimate of drug-likeness (QED) is 0.618. The Morgan fingerprint density at radius 3 is 2.50 bits per heavy atom. The minimum Gasteiger partial charge on any atom is -0.398 e. The number of aliphatic hydroxyl groups excluding tert-OH is 1. The molecule has 0 amide bonds. The molecule has 1 aromatic carbocycles. The number of aliphatic hydroxyl groups is 1. The summed E-state index contributed by atoms with van der Waals surface area (Å²) < 4.78 is 22.3. The van der Waals surface area contributed by atoms with E-state index < -0.39 is 10.0 Å². The second kappa shape index (κ2) is 6.14. The van der Waals surface area contributed by atoms with Crippen LogP contribution in [0.1, 0.15) is 12.5 Å². The van der Waals surface area contributed by atoms with Gasteiger partial charge < -0.3 is 10.8 Å². The van der Waals surface area contributed by atoms with Crippen LogP contribution in [0, 0.1) is 0 Å². The molecule has 0 spiro atoms. The van der Waals surface area contributed by atoms with Gasteiger partial charge in [-0.2, -0.15) is 0 Å². The summed E-state index contributed by atoms with van der Waals surface area (Å²) in [6, 6.07) is 4.44. The lowest BCUT2D eigenvalue weighted by Gasteiger charge is -2.20. The van der Waals surface area contributed by atoms with E-state index in [1.165, 1.54) is 12.1 Å². The summed E-state index contributed by atoms with van der Waals surface area (Å²) in [4.78, 5) is 2.01. The van der Waals surface area contributed by atoms with E-state index in [9.17, 15) is 8.42 Å². The first kappa shape index (κ1) is 14.9. The fourth-order valence-corrected chi connectivity index (χ4v) is 2.17. The zero-order valence-corrected chi connectivity index (χ0v) is 11.2. The van der Waals surface area contributed by atoms with Gasteiger partial charge in [0, 0.05) is 18.8 Å². The SMILES string of the molecule is CCN(CCO)Cc1ccc(S(N)(=O)=O)cc1N. The number of anilines is 1. The van der Waals surface area contributed by atoms with E-state index >= 15 is 0 Å². The molecule has 0 unspecified atom stereocenters. The summed E-state index contributed by atoms with van der Waals surface area (Å²) in [5, 5.41) is 13.9. The Balaban J connectivity index is 2.92. The molecule has 5 N–H and O–H groups in total. The van der Waals surface area contributed by atoms with Crippen LogP contribution in [0.3, 0.4) is 0 Å². The minimum atomic E-state index is -3.72. The molecular weight excluding hydrogens is 254 g/mol. The third-order valence-electron chi connectivity index (χ3n) is 2.70. The van der Waals surface area contributed by atoms with Crippen LogP contribution in [-0.2, 0) is 16.6 Å². The van der Waals surface area contributed by atoms with Gasteiger partial charge in [0.05, 0.1) is 11.5 Å².